The summed E-state index contributed by atoms with van der Waals surface area (Å²) in [5.74, 6) is 0.198. The van der Waals surface area contributed by atoms with Gasteiger partial charge in [0.05, 0.1) is 11.7 Å². The lowest BCUT2D eigenvalue weighted by atomic mass is 9.91. The molecule has 7 rings (SSSR count). The standard InChI is InChI=1S/C39H39N3O2/c1-25(2)23-34(39(44)41-22-21-27-11-5-6-12-29(27)24-41)42-37(30-13-7-8-14-31(30)38(42)43)35-32-15-9-10-16-33(32)40(4)36(35)28-19-17-26(3)18-20-28/h5-20,25,34,37H,21-24H2,1-4H3. The Hall–Kier alpha value is -4.64. The summed E-state index contributed by atoms with van der Waals surface area (Å²) in [5.41, 5.74) is 9.71. The van der Waals surface area contributed by atoms with E-state index in [1.54, 1.807) is 0 Å². The van der Waals surface area contributed by atoms with Crippen LogP contribution in [0.4, 0.5) is 0 Å². The maximum absolute atomic E-state index is 14.7. The predicted octanol–water partition coefficient (Wildman–Crippen LogP) is 7.70. The van der Waals surface area contributed by atoms with E-state index in [1.807, 2.05) is 34.1 Å². The molecular weight excluding hydrogens is 542 g/mol. The van der Waals surface area contributed by atoms with E-state index in [9.17, 15) is 9.59 Å². The van der Waals surface area contributed by atoms with Gasteiger partial charge in [0.15, 0.2) is 0 Å². The van der Waals surface area contributed by atoms with Gasteiger partial charge in [-0.15, -0.1) is 0 Å². The number of aryl methyl sites for hydroxylation is 2. The summed E-state index contributed by atoms with van der Waals surface area (Å²) in [5, 5.41) is 1.10. The molecule has 44 heavy (non-hydrogen) atoms. The molecule has 2 amide bonds. The van der Waals surface area contributed by atoms with Crippen LogP contribution in [-0.2, 0) is 24.8 Å². The molecular formula is C39H39N3O2. The highest BCUT2D eigenvalue weighted by Gasteiger charge is 2.47. The molecule has 0 fully saturated rings. The van der Waals surface area contributed by atoms with Gasteiger partial charge in [-0.3, -0.25) is 9.59 Å². The van der Waals surface area contributed by atoms with Gasteiger partial charge < -0.3 is 14.4 Å². The second kappa shape index (κ2) is 11.1. The average Bonchev–Trinajstić information content (AvgIpc) is 3.49. The van der Waals surface area contributed by atoms with Crippen molar-refractivity contribution in [3.8, 4) is 11.3 Å². The smallest absolute Gasteiger partial charge is 0.255 e. The van der Waals surface area contributed by atoms with Crippen LogP contribution < -0.4 is 0 Å². The lowest BCUT2D eigenvalue weighted by Gasteiger charge is -2.39. The van der Waals surface area contributed by atoms with E-state index >= 15 is 0 Å². The number of amides is 2. The zero-order valence-corrected chi connectivity index (χ0v) is 26.0. The summed E-state index contributed by atoms with van der Waals surface area (Å²) in [7, 11) is 2.11. The molecule has 2 atom stereocenters. The van der Waals surface area contributed by atoms with E-state index in [2.05, 4.69) is 105 Å². The van der Waals surface area contributed by atoms with Gasteiger partial charge in [-0.05, 0) is 60.1 Å². The highest BCUT2D eigenvalue weighted by molar-refractivity contribution is 6.04. The normalized spacial score (nSPS) is 16.8. The van der Waals surface area contributed by atoms with Crippen LogP contribution >= 0.6 is 0 Å². The number of carbonyl (C=O) groups is 2. The van der Waals surface area contributed by atoms with Gasteiger partial charge in [0.25, 0.3) is 5.91 Å². The van der Waals surface area contributed by atoms with Gasteiger partial charge in [-0.2, -0.15) is 0 Å². The summed E-state index contributed by atoms with van der Waals surface area (Å²) in [6.07, 6.45) is 1.42. The topological polar surface area (TPSA) is 45.6 Å². The molecule has 222 valence electrons. The lowest BCUT2D eigenvalue weighted by Crippen LogP contribution is -2.51. The fraction of sp³-hybridized carbons (Fsp3) is 0.282. The molecule has 5 heteroatoms. The number of para-hydroxylation sites is 1. The van der Waals surface area contributed by atoms with Gasteiger partial charge in [-0.25, -0.2) is 0 Å². The lowest BCUT2D eigenvalue weighted by molar-refractivity contribution is -0.138. The highest BCUT2D eigenvalue weighted by Crippen LogP contribution is 2.48. The van der Waals surface area contributed by atoms with Crippen molar-refractivity contribution in [3.05, 3.63) is 130 Å². The zero-order chi connectivity index (χ0) is 30.5. The van der Waals surface area contributed by atoms with Crippen molar-refractivity contribution in [1.29, 1.82) is 0 Å². The Bertz CT molecular complexity index is 1880. The van der Waals surface area contributed by atoms with Crippen molar-refractivity contribution in [1.82, 2.24) is 14.4 Å². The van der Waals surface area contributed by atoms with Crippen molar-refractivity contribution < 1.29 is 9.59 Å². The minimum absolute atomic E-state index is 0.0384. The molecule has 3 heterocycles. The molecule has 2 aliphatic heterocycles. The Morgan fingerprint density at radius 2 is 1.55 bits per heavy atom. The second-order valence-corrected chi connectivity index (χ2v) is 12.8. The molecule has 4 aromatic carbocycles. The summed E-state index contributed by atoms with van der Waals surface area (Å²) in [6, 6.07) is 32.4. The van der Waals surface area contributed by atoms with Gasteiger partial charge in [-0.1, -0.05) is 104 Å². The molecule has 2 unspecified atom stereocenters. The Balaban J connectivity index is 1.42. The number of rotatable bonds is 6. The van der Waals surface area contributed by atoms with Crippen LogP contribution in [0.25, 0.3) is 22.2 Å². The number of hydrogen-bond donors (Lipinski definition) is 0. The zero-order valence-electron chi connectivity index (χ0n) is 26.0. The number of carbonyl (C=O) groups excluding carboxylic acids is 2. The van der Waals surface area contributed by atoms with E-state index < -0.39 is 12.1 Å². The molecule has 0 N–H and O–H groups in total. The monoisotopic (exact) mass is 581 g/mol. The first-order valence-electron chi connectivity index (χ1n) is 15.7. The Morgan fingerprint density at radius 1 is 0.864 bits per heavy atom. The third-order valence-electron chi connectivity index (χ3n) is 9.50. The van der Waals surface area contributed by atoms with E-state index in [-0.39, 0.29) is 17.7 Å². The Kier molecular flexibility index (Phi) is 7.12. The fourth-order valence-electron chi connectivity index (χ4n) is 7.39. The van der Waals surface area contributed by atoms with Gasteiger partial charge in [0.1, 0.15) is 6.04 Å². The molecule has 2 aliphatic rings. The quantitative estimate of drug-likeness (QED) is 0.206. The maximum atomic E-state index is 14.7. The number of aromatic nitrogens is 1. The highest BCUT2D eigenvalue weighted by atomic mass is 16.2. The van der Waals surface area contributed by atoms with Gasteiger partial charge >= 0.3 is 0 Å². The maximum Gasteiger partial charge on any atom is 0.255 e. The fourth-order valence-corrected chi connectivity index (χ4v) is 7.39. The summed E-state index contributed by atoms with van der Waals surface area (Å²) in [4.78, 5) is 33.2. The molecule has 0 radical (unpaired) electrons. The molecule has 1 aromatic heterocycles. The number of fused-ring (bicyclic) bond motifs is 3. The van der Waals surface area contributed by atoms with Gasteiger partial charge in [0, 0.05) is 42.2 Å². The van der Waals surface area contributed by atoms with E-state index in [0.717, 1.165) is 39.7 Å². The number of hydrogen-bond acceptors (Lipinski definition) is 2. The van der Waals surface area contributed by atoms with Crippen LogP contribution in [-0.4, -0.2) is 38.8 Å². The SMILES string of the molecule is Cc1ccc(-c2c(C3c4ccccc4C(=O)N3C(CC(C)C)C(=O)N3CCc4ccccc4C3)c3ccccc3n2C)cc1. The molecule has 5 nitrogen and oxygen atoms in total. The van der Waals surface area contributed by atoms with Crippen LogP contribution in [0.5, 0.6) is 0 Å². The van der Waals surface area contributed by atoms with Crippen LogP contribution in [0.1, 0.15) is 64.5 Å². The first kappa shape index (κ1) is 28.1. The van der Waals surface area contributed by atoms with Crippen molar-refractivity contribution >= 4 is 22.7 Å². The number of benzene rings is 4. The van der Waals surface area contributed by atoms with E-state index in [1.165, 1.54) is 16.7 Å². The summed E-state index contributed by atoms with van der Waals surface area (Å²) in [6.45, 7) is 7.62. The van der Waals surface area contributed by atoms with Crippen LogP contribution in [0.3, 0.4) is 0 Å². The largest absolute Gasteiger partial charge is 0.343 e. The van der Waals surface area contributed by atoms with Crippen LogP contribution in [0, 0.1) is 12.8 Å². The molecule has 0 saturated heterocycles. The number of nitrogens with zero attached hydrogens (tertiary/aromatic N) is 3. The van der Waals surface area contributed by atoms with Crippen molar-refractivity contribution in [2.45, 2.75) is 52.2 Å². The average molecular weight is 582 g/mol. The third-order valence-corrected chi connectivity index (χ3v) is 9.50. The summed E-state index contributed by atoms with van der Waals surface area (Å²) >= 11 is 0. The molecule has 0 saturated carbocycles. The first-order valence-corrected chi connectivity index (χ1v) is 15.7. The first-order chi connectivity index (χ1) is 21.3. The van der Waals surface area contributed by atoms with Crippen LogP contribution in [0.15, 0.2) is 97.1 Å². The van der Waals surface area contributed by atoms with Crippen molar-refractivity contribution in [2.24, 2.45) is 13.0 Å². The van der Waals surface area contributed by atoms with E-state index in [4.69, 9.17) is 0 Å². The van der Waals surface area contributed by atoms with Gasteiger partial charge in [0.2, 0.25) is 5.91 Å². The molecule has 0 spiro atoms. The molecule has 0 bridgehead atoms. The van der Waals surface area contributed by atoms with Crippen LogP contribution in [0.2, 0.25) is 0 Å². The molecule has 5 aromatic rings. The third kappa shape index (κ3) is 4.62. The molecule has 0 aliphatic carbocycles. The minimum atomic E-state index is -0.588. The Labute approximate surface area is 259 Å². The Morgan fingerprint density at radius 3 is 2.32 bits per heavy atom. The second-order valence-electron chi connectivity index (χ2n) is 12.8. The van der Waals surface area contributed by atoms with Crippen molar-refractivity contribution in [2.75, 3.05) is 6.54 Å². The predicted molar refractivity (Wildman–Crippen MR) is 176 cm³/mol. The minimum Gasteiger partial charge on any atom is -0.343 e. The van der Waals surface area contributed by atoms with Crippen molar-refractivity contribution in [3.63, 3.8) is 0 Å². The van der Waals surface area contributed by atoms with E-state index in [0.29, 0.717) is 25.1 Å². The summed E-state index contributed by atoms with van der Waals surface area (Å²) < 4.78 is 2.25.